The molecule has 0 atom stereocenters. The molecular weight excluding hydrogens is 470 g/mol. The van der Waals surface area contributed by atoms with E-state index in [9.17, 15) is 0 Å². The molecule has 2 aromatic heterocycles. The zero-order chi connectivity index (χ0) is 24.9. The van der Waals surface area contributed by atoms with E-state index in [1.165, 1.54) is 5.56 Å². The first-order chi connectivity index (χ1) is 17.7. The predicted molar refractivity (Wildman–Crippen MR) is 140 cm³/mol. The van der Waals surface area contributed by atoms with Gasteiger partial charge in [0.15, 0.2) is 16.8 Å². The number of para-hydroxylation sites is 2. The fraction of sp³-hybridized carbons (Fsp3) is 0.222. The van der Waals surface area contributed by atoms with Gasteiger partial charge in [-0.15, -0.1) is 15.3 Å². The highest BCUT2D eigenvalue weighted by Crippen LogP contribution is 2.32. The van der Waals surface area contributed by atoms with Crippen LogP contribution < -0.4 is 4.74 Å². The minimum Gasteiger partial charge on any atom is -0.496 e. The first-order valence-electron chi connectivity index (χ1n) is 11.7. The zero-order valence-corrected chi connectivity index (χ0v) is 21.3. The number of rotatable bonds is 9. The summed E-state index contributed by atoms with van der Waals surface area (Å²) in [5.41, 5.74) is 5.43. The Morgan fingerprint density at radius 1 is 0.833 bits per heavy atom. The molecule has 0 spiro atoms. The summed E-state index contributed by atoms with van der Waals surface area (Å²) in [5.74, 6) is 2.85. The van der Waals surface area contributed by atoms with E-state index in [0.29, 0.717) is 5.75 Å². The van der Waals surface area contributed by atoms with Gasteiger partial charge in [0.05, 0.1) is 24.1 Å². The summed E-state index contributed by atoms with van der Waals surface area (Å²) in [6.07, 6.45) is 0.856. The van der Waals surface area contributed by atoms with Crippen LogP contribution in [-0.2, 0) is 18.7 Å². The minimum absolute atomic E-state index is 0.552. The molecule has 0 aliphatic carbocycles. The van der Waals surface area contributed by atoms with Gasteiger partial charge < -0.3 is 9.30 Å². The summed E-state index contributed by atoms with van der Waals surface area (Å²) in [6, 6.07) is 24.5. The van der Waals surface area contributed by atoms with Gasteiger partial charge in [-0.25, -0.2) is 0 Å². The molecule has 2 heterocycles. The number of benzene rings is 3. The molecule has 0 saturated carbocycles. The molecule has 182 valence electrons. The largest absolute Gasteiger partial charge is 0.496 e. The Morgan fingerprint density at radius 2 is 1.58 bits per heavy atom. The Morgan fingerprint density at radius 3 is 2.36 bits per heavy atom. The molecule has 0 aliphatic heterocycles. The summed E-state index contributed by atoms with van der Waals surface area (Å²) >= 11 is 1.57. The van der Waals surface area contributed by atoms with Gasteiger partial charge in [0.2, 0.25) is 0 Å². The third kappa shape index (κ3) is 4.87. The van der Waals surface area contributed by atoms with Crippen molar-refractivity contribution in [3.8, 4) is 22.8 Å². The van der Waals surface area contributed by atoms with Crippen molar-refractivity contribution in [1.82, 2.24) is 35.0 Å². The molecule has 0 unspecified atom stereocenters. The van der Waals surface area contributed by atoms with Gasteiger partial charge in [-0.3, -0.25) is 0 Å². The van der Waals surface area contributed by atoms with Gasteiger partial charge in [-0.1, -0.05) is 72.4 Å². The average Bonchev–Trinajstić information content (AvgIpc) is 3.53. The zero-order valence-electron chi connectivity index (χ0n) is 20.5. The normalized spacial score (nSPS) is 11.1. The van der Waals surface area contributed by atoms with Crippen LogP contribution in [0.4, 0.5) is 0 Å². The third-order valence-electron chi connectivity index (χ3n) is 6.05. The highest BCUT2D eigenvalue weighted by Gasteiger charge is 2.19. The maximum absolute atomic E-state index is 5.61. The number of aryl methyl sites for hydroxylation is 3. The van der Waals surface area contributed by atoms with Crippen molar-refractivity contribution >= 4 is 11.8 Å². The quantitative estimate of drug-likeness (QED) is 0.263. The summed E-state index contributed by atoms with van der Waals surface area (Å²) in [5, 5.41) is 22.5. The fourth-order valence-corrected chi connectivity index (χ4v) is 5.12. The lowest BCUT2D eigenvalue weighted by Gasteiger charge is -2.13. The number of hydrogen-bond donors (Lipinski definition) is 0. The van der Waals surface area contributed by atoms with E-state index in [4.69, 9.17) is 4.74 Å². The van der Waals surface area contributed by atoms with E-state index >= 15 is 0 Å². The Hall–Kier alpha value is -3.98. The van der Waals surface area contributed by atoms with Crippen LogP contribution in [0.25, 0.3) is 17.1 Å². The lowest BCUT2D eigenvalue weighted by molar-refractivity contribution is 0.415. The van der Waals surface area contributed by atoms with Gasteiger partial charge in [0.25, 0.3) is 0 Å². The molecule has 5 aromatic rings. The molecule has 9 heteroatoms. The number of ether oxygens (including phenoxy) is 1. The van der Waals surface area contributed by atoms with Crippen LogP contribution in [0.1, 0.15) is 22.5 Å². The molecule has 5 rings (SSSR count). The minimum atomic E-state index is 0.552. The van der Waals surface area contributed by atoms with E-state index in [-0.39, 0.29) is 0 Å². The van der Waals surface area contributed by atoms with Crippen molar-refractivity contribution in [2.75, 3.05) is 7.11 Å². The van der Waals surface area contributed by atoms with Crippen LogP contribution in [0.3, 0.4) is 0 Å². The Labute approximate surface area is 214 Å². The van der Waals surface area contributed by atoms with Gasteiger partial charge >= 0.3 is 0 Å². The van der Waals surface area contributed by atoms with Crippen molar-refractivity contribution < 1.29 is 4.74 Å². The second kappa shape index (κ2) is 10.7. The number of aromatic nitrogens is 7. The SMILES string of the molecule is COc1ccccc1-c1nnc(SCc2nnnn2-c2c(C)cccc2C)n1CCc1ccccc1. The maximum atomic E-state index is 5.61. The van der Waals surface area contributed by atoms with E-state index in [1.807, 2.05) is 41.1 Å². The number of methoxy groups -OCH3 is 1. The lowest BCUT2D eigenvalue weighted by Crippen LogP contribution is -2.08. The molecular formula is C27H27N7OS. The van der Waals surface area contributed by atoms with Gasteiger partial charge in [0, 0.05) is 6.54 Å². The van der Waals surface area contributed by atoms with Crippen molar-refractivity contribution in [3.63, 3.8) is 0 Å². The Balaban J connectivity index is 1.46. The van der Waals surface area contributed by atoms with Crippen molar-refractivity contribution in [2.24, 2.45) is 0 Å². The van der Waals surface area contributed by atoms with E-state index in [1.54, 1.807) is 18.9 Å². The molecule has 0 fully saturated rings. The summed E-state index contributed by atoms with van der Waals surface area (Å²) in [4.78, 5) is 0. The van der Waals surface area contributed by atoms with Crippen molar-refractivity contribution in [2.45, 2.75) is 37.7 Å². The third-order valence-corrected chi connectivity index (χ3v) is 7.01. The Bertz CT molecular complexity index is 1440. The van der Waals surface area contributed by atoms with E-state index < -0.39 is 0 Å². The molecule has 0 N–H and O–H groups in total. The monoisotopic (exact) mass is 497 g/mol. The van der Waals surface area contributed by atoms with Crippen LogP contribution >= 0.6 is 11.8 Å². The van der Waals surface area contributed by atoms with Gasteiger partial charge in [0.1, 0.15) is 5.75 Å². The first-order valence-corrected chi connectivity index (χ1v) is 12.7. The maximum Gasteiger partial charge on any atom is 0.191 e. The number of hydrogen-bond acceptors (Lipinski definition) is 7. The Kier molecular flexibility index (Phi) is 7.08. The molecule has 8 nitrogen and oxygen atoms in total. The molecule has 0 amide bonds. The summed E-state index contributed by atoms with van der Waals surface area (Å²) in [7, 11) is 1.67. The highest BCUT2D eigenvalue weighted by molar-refractivity contribution is 7.98. The lowest BCUT2D eigenvalue weighted by atomic mass is 10.1. The summed E-state index contributed by atoms with van der Waals surface area (Å²) < 4.78 is 9.59. The fourth-order valence-electron chi connectivity index (χ4n) is 4.25. The van der Waals surface area contributed by atoms with E-state index in [2.05, 4.69) is 80.5 Å². The first kappa shape index (κ1) is 23.7. The number of nitrogens with zero attached hydrogens (tertiary/aromatic N) is 7. The standard InChI is InChI=1S/C27H27N7OS/c1-19-10-9-11-20(2)25(19)34-24(28-31-32-34)18-36-27-30-29-26(22-14-7-8-15-23(22)35-3)33(27)17-16-21-12-5-4-6-13-21/h4-15H,16-18H2,1-3H3. The van der Waals surface area contributed by atoms with Crippen LogP contribution in [0.15, 0.2) is 78.0 Å². The second-order valence-corrected chi connectivity index (χ2v) is 9.37. The van der Waals surface area contributed by atoms with Crippen LogP contribution in [-0.4, -0.2) is 42.1 Å². The average molecular weight is 498 g/mol. The van der Waals surface area contributed by atoms with Gasteiger partial charge in [-0.2, -0.15) is 4.68 Å². The number of thioether (sulfide) groups is 1. The van der Waals surface area contributed by atoms with Gasteiger partial charge in [-0.05, 0) is 59.5 Å². The summed E-state index contributed by atoms with van der Waals surface area (Å²) in [6.45, 7) is 4.87. The highest BCUT2D eigenvalue weighted by atomic mass is 32.2. The second-order valence-electron chi connectivity index (χ2n) is 8.43. The molecule has 36 heavy (non-hydrogen) atoms. The predicted octanol–water partition coefficient (Wildman–Crippen LogP) is 5.08. The van der Waals surface area contributed by atoms with Crippen molar-refractivity contribution in [1.29, 1.82) is 0 Å². The topological polar surface area (TPSA) is 83.5 Å². The van der Waals surface area contributed by atoms with E-state index in [0.717, 1.165) is 57.9 Å². The van der Waals surface area contributed by atoms with Crippen LogP contribution in [0, 0.1) is 13.8 Å². The molecule has 3 aromatic carbocycles. The van der Waals surface area contributed by atoms with Crippen LogP contribution in [0.5, 0.6) is 5.75 Å². The smallest absolute Gasteiger partial charge is 0.191 e. The molecule has 0 radical (unpaired) electrons. The van der Waals surface area contributed by atoms with Crippen LogP contribution in [0.2, 0.25) is 0 Å². The van der Waals surface area contributed by atoms with Crippen molar-refractivity contribution in [3.05, 3.63) is 95.3 Å². The molecule has 0 aliphatic rings. The molecule has 0 bridgehead atoms. The molecule has 0 saturated heterocycles. The number of tetrazole rings is 1.